The fourth-order valence-electron chi connectivity index (χ4n) is 3.86. The molecule has 1 aliphatic heterocycles. The van der Waals surface area contributed by atoms with Crippen LogP contribution >= 0.6 is 0 Å². The number of nitrogens with zero attached hydrogens (tertiary/aromatic N) is 5. The molecule has 30 heavy (non-hydrogen) atoms. The van der Waals surface area contributed by atoms with Crippen LogP contribution in [0.2, 0.25) is 0 Å². The number of hydrogen-bond acceptors (Lipinski definition) is 6. The zero-order chi connectivity index (χ0) is 20.3. The quantitative estimate of drug-likeness (QED) is 0.511. The summed E-state index contributed by atoms with van der Waals surface area (Å²) in [5.41, 5.74) is 5.23. The maximum absolute atomic E-state index is 6.05. The lowest BCUT2D eigenvalue weighted by Gasteiger charge is -2.32. The van der Waals surface area contributed by atoms with Crippen molar-refractivity contribution >= 4 is 5.52 Å². The van der Waals surface area contributed by atoms with Gasteiger partial charge in [-0.05, 0) is 35.4 Å². The summed E-state index contributed by atoms with van der Waals surface area (Å²) >= 11 is 0. The fraction of sp³-hybridized carbons (Fsp3) is 0.261. The first-order valence-corrected chi connectivity index (χ1v) is 10.0. The summed E-state index contributed by atoms with van der Waals surface area (Å²) in [5, 5.41) is 8.81. The molecule has 0 bridgehead atoms. The van der Waals surface area contributed by atoms with Crippen LogP contribution in [-0.2, 0) is 11.3 Å². The normalized spacial score (nSPS) is 17.3. The number of fused-ring (bicyclic) bond motifs is 1. The summed E-state index contributed by atoms with van der Waals surface area (Å²) in [7, 11) is 1.67. The Bertz CT molecular complexity index is 1130. The van der Waals surface area contributed by atoms with Gasteiger partial charge in [0.2, 0.25) is 0 Å². The number of benzene rings is 1. The van der Waals surface area contributed by atoms with Crippen molar-refractivity contribution in [1.82, 2.24) is 24.7 Å². The third-order valence-electron chi connectivity index (χ3n) is 5.45. The van der Waals surface area contributed by atoms with Gasteiger partial charge in [-0.3, -0.25) is 9.88 Å². The van der Waals surface area contributed by atoms with E-state index in [0.29, 0.717) is 6.61 Å². The molecule has 1 fully saturated rings. The van der Waals surface area contributed by atoms with E-state index in [9.17, 15) is 0 Å². The Kier molecular flexibility index (Phi) is 5.13. The van der Waals surface area contributed by atoms with E-state index in [2.05, 4.69) is 38.4 Å². The number of aromatic nitrogens is 4. The second kappa shape index (κ2) is 8.22. The molecule has 0 amide bonds. The highest BCUT2D eigenvalue weighted by Crippen LogP contribution is 2.28. The van der Waals surface area contributed by atoms with Gasteiger partial charge in [0.15, 0.2) is 0 Å². The highest BCUT2D eigenvalue weighted by Gasteiger charge is 2.26. The van der Waals surface area contributed by atoms with Crippen LogP contribution < -0.4 is 4.74 Å². The molecule has 0 N–H and O–H groups in total. The van der Waals surface area contributed by atoms with Crippen LogP contribution in [0.25, 0.3) is 16.6 Å². The van der Waals surface area contributed by atoms with Crippen LogP contribution in [-0.4, -0.2) is 51.5 Å². The SMILES string of the molecule is COc1ccc(-c2ccc3c([C@H]4CN(Cc5cccnc5)CCO4)nnn3c2)cc1. The second-order valence-electron chi connectivity index (χ2n) is 7.41. The molecule has 0 unspecified atom stereocenters. The van der Waals surface area contributed by atoms with Crippen molar-refractivity contribution < 1.29 is 9.47 Å². The maximum Gasteiger partial charge on any atom is 0.121 e. The van der Waals surface area contributed by atoms with Crippen LogP contribution in [0.4, 0.5) is 0 Å². The van der Waals surface area contributed by atoms with Gasteiger partial charge in [-0.2, -0.15) is 0 Å². The van der Waals surface area contributed by atoms with E-state index in [-0.39, 0.29) is 6.10 Å². The topological polar surface area (TPSA) is 64.8 Å². The number of hydrogen-bond donors (Lipinski definition) is 0. The largest absolute Gasteiger partial charge is 0.497 e. The third-order valence-corrected chi connectivity index (χ3v) is 5.45. The first kappa shape index (κ1) is 18.7. The van der Waals surface area contributed by atoms with E-state index in [1.165, 1.54) is 5.56 Å². The Hall–Kier alpha value is -3.29. The molecule has 0 saturated carbocycles. The Morgan fingerprint density at radius 3 is 2.77 bits per heavy atom. The number of methoxy groups -OCH3 is 1. The van der Waals surface area contributed by atoms with Crippen molar-refractivity contribution in [3.05, 3.63) is 78.4 Å². The minimum Gasteiger partial charge on any atom is -0.497 e. The van der Waals surface area contributed by atoms with E-state index in [0.717, 1.165) is 47.7 Å². The van der Waals surface area contributed by atoms with Gasteiger partial charge in [0.1, 0.15) is 17.5 Å². The zero-order valence-electron chi connectivity index (χ0n) is 16.8. The second-order valence-corrected chi connectivity index (χ2v) is 7.41. The number of rotatable bonds is 5. The third kappa shape index (κ3) is 3.77. The summed E-state index contributed by atoms with van der Waals surface area (Å²) in [6.45, 7) is 3.21. The number of pyridine rings is 2. The Morgan fingerprint density at radius 2 is 1.97 bits per heavy atom. The van der Waals surface area contributed by atoms with Crippen molar-refractivity contribution in [1.29, 1.82) is 0 Å². The van der Waals surface area contributed by atoms with Crippen LogP contribution in [0.3, 0.4) is 0 Å². The molecule has 1 aromatic carbocycles. The lowest BCUT2D eigenvalue weighted by Crippen LogP contribution is -2.38. The summed E-state index contributed by atoms with van der Waals surface area (Å²) in [4.78, 5) is 6.59. The lowest BCUT2D eigenvalue weighted by molar-refractivity contribution is -0.0343. The number of ether oxygens (including phenoxy) is 2. The predicted octanol–water partition coefficient (Wildman–Crippen LogP) is 3.37. The van der Waals surface area contributed by atoms with Gasteiger partial charge in [-0.1, -0.05) is 29.5 Å². The first-order valence-electron chi connectivity index (χ1n) is 10.0. The summed E-state index contributed by atoms with van der Waals surface area (Å²) in [6.07, 6.45) is 5.62. The minimum atomic E-state index is -0.0974. The summed E-state index contributed by atoms with van der Waals surface area (Å²) in [5.74, 6) is 0.841. The molecule has 152 valence electrons. The molecule has 1 saturated heterocycles. The van der Waals surface area contributed by atoms with Crippen LogP contribution in [0, 0.1) is 0 Å². The van der Waals surface area contributed by atoms with Crippen molar-refractivity contribution in [3.63, 3.8) is 0 Å². The Balaban J connectivity index is 1.36. The van der Waals surface area contributed by atoms with Gasteiger partial charge in [-0.15, -0.1) is 5.10 Å². The molecule has 4 heterocycles. The molecular formula is C23H23N5O2. The average molecular weight is 401 g/mol. The monoisotopic (exact) mass is 401 g/mol. The van der Waals surface area contributed by atoms with Gasteiger partial charge in [0.25, 0.3) is 0 Å². The van der Waals surface area contributed by atoms with E-state index in [4.69, 9.17) is 9.47 Å². The molecule has 5 rings (SSSR count). The lowest BCUT2D eigenvalue weighted by atomic mass is 10.1. The maximum atomic E-state index is 6.05. The molecule has 7 nitrogen and oxygen atoms in total. The molecule has 3 aromatic heterocycles. The molecule has 1 atom stereocenters. The van der Waals surface area contributed by atoms with Crippen LogP contribution in [0.1, 0.15) is 17.4 Å². The van der Waals surface area contributed by atoms with Crippen molar-refractivity contribution in [2.45, 2.75) is 12.6 Å². The van der Waals surface area contributed by atoms with Gasteiger partial charge in [0.05, 0.1) is 19.2 Å². The van der Waals surface area contributed by atoms with Gasteiger partial charge < -0.3 is 9.47 Å². The number of morpholine rings is 1. The first-order chi connectivity index (χ1) is 14.8. The smallest absolute Gasteiger partial charge is 0.121 e. The zero-order valence-corrected chi connectivity index (χ0v) is 16.8. The summed E-state index contributed by atoms with van der Waals surface area (Å²) < 4.78 is 13.1. The molecule has 7 heteroatoms. The molecule has 0 radical (unpaired) electrons. The highest BCUT2D eigenvalue weighted by molar-refractivity contribution is 5.66. The van der Waals surface area contributed by atoms with Crippen molar-refractivity contribution in [2.24, 2.45) is 0 Å². The fourth-order valence-corrected chi connectivity index (χ4v) is 3.86. The Labute approximate surface area is 174 Å². The molecular weight excluding hydrogens is 378 g/mol. The van der Waals surface area contributed by atoms with E-state index >= 15 is 0 Å². The molecule has 4 aromatic rings. The van der Waals surface area contributed by atoms with E-state index in [1.807, 2.05) is 47.2 Å². The highest BCUT2D eigenvalue weighted by atomic mass is 16.5. The molecule has 0 spiro atoms. The molecule has 0 aliphatic carbocycles. The van der Waals surface area contributed by atoms with E-state index < -0.39 is 0 Å². The predicted molar refractivity (Wildman–Crippen MR) is 113 cm³/mol. The van der Waals surface area contributed by atoms with Crippen LogP contribution in [0.15, 0.2) is 67.1 Å². The standard InChI is InChI=1S/C23H23N5O2/c1-29-20-7-4-18(5-8-20)19-6-9-21-23(25-26-28(21)15-19)22-16-27(11-12-30-22)14-17-3-2-10-24-13-17/h2-10,13,15,22H,11-12,14,16H2,1H3/t22-/m1/s1. The Morgan fingerprint density at radius 1 is 1.10 bits per heavy atom. The minimum absolute atomic E-state index is 0.0974. The summed E-state index contributed by atoms with van der Waals surface area (Å²) in [6, 6.07) is 16.2. The van der Waals surface area contributed by atoms with Gasteiger partial charge >= 0.3 is 0 Å². The van der Waals surface area contributed by atoms with Gasteiger partial charge in [-0.25, -0.2) is 4.52 Å². The average Bonchev–Trinajstić information content (AvgIpc) is 3.23. The van der Waals surface area contributed by atoms with E-state index in [1.54, 1.807) is 13.3 Å². The van der Waals surface area contributed by atoms with Gasteiger partial charge in [0, 0.05) is 43.8 Å². The van der Waals surface area contributed by atoms with Crippen molar-refractivity contribution in [3.8, 4) is 16.9 Å². The van der Waals surface area contributed by atoms with Crippen LogP contribution in [0.5, 0.6) is 5.75 Å². The van der Waals surface area contributed by atoms with Crippen molar-refractivity contribution in [2.75, 3.05) is 26.8 Å². The molecule has 1 aliphatic rings.